The van der Waals surface area contributed by atoms with Crippen molar-refractivity contribution in [3.8, 4) is 0 Å². The van der Waals surface area contributed by atoms with E-state index in [2.05, 4.69) is 5.32 Å². The minimum Gasteiger partial charge on any atom is -0.480 e. The number of carboxylic acid groups (broad SMARTS) is 1. The molecule has 11 heavy (non-hydrogen) atoms. The van der Waals surface area contributed by atoms with E-state index in [4.69, 9.17) is 10.8 Å². The Morgan fingerprint density at radius 1 is 1.36 bits per heavy atom. The summed E-state index contributed by atoms with van der Waals surface area (Å²) in [5.41, 5.74) is 4.91. The lowest BCUT2D eigenvalue weighted by molar-refractivity contribution is -0.138. The van der Waals surface area contributed by atoms with Gasteiger partial charge in [-0.15, -0.1) is 0 Å². The molecule has 0 aliphatic carbocycles. The molecule has 0 bridgehead atoms. The van der Waals surface area contributed by atoms with Crippen molar-refractivity contribution in [2.24, 2.45) is 5.73 Å². The Morgan fingerprint density at radius 3 is 2.18 bits per heavy atom. The molecule has 0 fully saturated rings. The monoisotopic (exact) mass is 156 g/mol. The van der Waals surface area contributed by atoms with Gasteiger partial charge in [-0.3, -0.25) is 14.9 Å². The highest BCUT2D eigenvalue weighted by atomic mass is 16.4. The largest absolute Gasteiger partial charge is 0.480 e. The molecule has 4 N–H and O–H groups in total. The summed E-state index contributed by atoms with van der Waals surface area (Å²) in [6.07, 6.45) is 2.85. The standard InChI is InChI=1S/C6H8N2O3/c7-5(9)3-1-2-4(8-3)6(10)11/h1-4,8H,(H2,7,9)(H,10,11)/t3-,4+/m0/s1. The molecule has 1 rings (SSSR count). The molecule has 1 heterocycles. The van der Waals surface area contributed by atoms with Crippen LogP contribution in [0.2, 0.25) is 0 Å². The van der Waals surface area contributed by atoms with Gasteiger partial charge in [-0.2, -0.15) is 0 Å². The lowest BCUT2D eigenvalue weighted by atomic mass is 10.3. The minimum absolute atomic E-state index is 0.565. The topological polar surface area (TPSA) is 92.4 Å². The summed E-state index contributed by atoms with van der Waals surface area (Å²) in [4.78, 5) is 20.8. The van der Waals surface area contributed by atoms with Crippen LogP contribution in [-0.2, 0) is 9.59 Å². The molecule has 0 aromatic carbocycles. The van der Waals surface area contributed by atoms with Gasteiger partial charge in [-0.25, -0.2) is 0 Å². The average Bonchev–Trinajstić information content (AvgIpc) is 2.33. The second-order valence-corrected chi connectivity index (χ2v) is 2.25. The van der Waals surface area contributed by atoms with E-state index >= 15 is 0 Å². The van der Waals surface area contributed by atoms with Gasteiger partial charge in [0.15, 0.2) is 0 Å². The number of hydrogen-bond acceptors (Lipinski definition) is 3. The number of hydrogen-bond donors (Lipinski definition) is 3. The molecule has 0 unspecified atom stereocenters. The quantitative estimate of drug-likeness (QED) is 0.422. The third kappa shape index (κ3) is 1.56. The van der Waals surface area contributed by atoms with Gasteiger partial charge >= 0.3 is 5.97 Å². The fourth-order valence-corrected chi connectivity index (χ4v) is 0.857. The maximum atomic E-state index is 10.5. The highest BCUT2D eigenvalue weighted by Gasteiger charge is 2.25. The Hall–Kier alpha value is -1.36. The van der Waals surface area contributed by atoms with E-state index < -0.39 is 24.0 Å². The maximum Gasteiger partial charge on any atom is 0.324 e. The van der Waals surface area contributed by atoms with Crippen LogP contribution < -0.4 is 11.1 Å². The van der Waals surface area contributed by atoms with E-state index in [0.717, 1.165) is 0 Å². The van der Waals surface area contributed by atoms with E-state index in [1.165, 1.54) is 12.2 Å². The third-order valence-corrected chi connectivity index (χ3v) is 1.43. The van der Waals surface area contributed by atoms with E-state index in [1.54, 1.807) is 0 Å². The van der Waals surface area contributed by atoms with Gasteiger partial charge in [0.1, 0.15) is 12.1 Å². The van der Waals surface area contributed by atoms with Crippen LogP contribution >= 0.6 is 0 Å². The predicted octanol–water partition coefficient (Wildman–Crippen LogP) is -1.55. The Morgan fingerprint density at radius 2 is 1.91 bits per heavy atom. The molecule has 5 nitrogen and oxygen atoms in total. The number of aliphatic carboxylic acids is 1. The molecule has 0 saturated heterocycles. The minimum atomic E-state index is -1.01. The molecule has 0 aromatic rings. The van der Waals surface area contributed by atoms with Gasteiger partial charge in [0, 0.05) is 0 Å². The van der Waals surface area contributed by atoms with Gasteiger partial charge in [0.25, 0.3) is 0 Å². The smallest absolute Gasteiger partial charge is 0.324 e. The Balaban J connectivity index is 2.56. The van der Waals surface area contributed by atoms with Gasteiger partial charge < -0.3 is 10.8 Å². The summed E-state index contributed by atoms with van der Waals surface area (Å²) < 4.78 is 0. The van der Waals surface area contributed by atoms with Crippen LogP contribution in [0.15, 0.2) is 12.2 Å². The van der Waals surface area contributed by atoms with Crippen molar-refractivity contribution in [2.45, 2.75) is 12.1 Å². The van der Waals surface area contributed by atoms with Crippen LogP contribution in [0.5, 0.6) is 0 Å². The molecule has 1 aliphatic heterocycles. The average molecular weight is 156 g/mol. The van der Waals surface area contributed by atoms with Gasteiger partial charge in [0.05, 0.1) is 0 Å². The van der Waals surface area contributed by atoms with Crippen molar-refractivity contribution in [2.75, 3.05) is 0 Å². The summed E-state index contributed by atoms with van der Waals surface area (Å²) in [7, 11) is 0. The van der Waals surface area contributed by atoms with E-state index in [-0.39, 0.29) is 0 Å². The molecule has 0 radical (unpaired) electrons. The van der Waals surface area contributed by atoms with Gasteiger partial charge in [0.2, 0.25) is 5.91 Å². The Labute approximate surface area is 62.9 Å². The molecule has 60 valence electrons. The second-order valence-electron chi connectivity index (χ2n) is 2.25. The molecule has 2 atom stereocenters. The zero-order valence-corrected chi connectivity index (χ0v) is 5.65. The van der Waals surface area contributed by atoms with Crippen LogP contribution in [0, 0.1) is 0 Å². The van der Waals surface area contributed by atoms with E-state index in [0.29, 0.717) is 0 Å². The highest BCUT2D eigenvalue weighted by Crippen LogP contribution is 2.01. The molecular formula is C6H8N2O3. The van der Waals surface area contributed by atoms with Gasteiger partial charge in [-0.05, 0) is 0 Å². The molecule has 0 saturated carbocycles. The summed E-state index contributed by atoms with van der Waals surface area (Å²) in [5, 5.41) is 11.0. The summed E-state index contributed by atoms with van der Waals surface area (Å²) in [6, 6.07) is -1.43. The number of primary amides is 1. The Bertz CT molecular complexity index is 202. The maximum absolute atomic E-state index is 10.5. The fourth-order valence-electron chi connectivity index (χ4n) is 0.857. The lowest BCUT2D eigenvalue weighted by Gasteiger charge is -2.06. The fraction of sp³-hybridized carbons (Fsp3) is 0.333. The first kappa shape index (κ1) is 7.74. The molecule has 0 aromatic heterocycles. The lowest BCUT2D eigenvalue weighted by Crippen LogP contribution is -2.43. The van der Waals surface area contributed by atoms with Crippen LogP contribution in [0.3, 0.4) is 0 Å². The van der Waals surface area contributed by atoms with Crippen LogP contribution in [-0.4, -0.2) is 29.1 Å². The highest BCUT2D eigenvalue weighted by molar-refractivity contribution is 5.86. The number of carbonyl (C=O) groups excluding carboxylic acids is 1. The van der Waals surface area contributed by atoms with Crippen molar-refractivity contribution in [3.05, 3.63) is 12.2 Å². The van der Waals surface area contributed by atoms with Crippen molar-refractivity contribution >= 4 is 11.9 Å². The second kappa shape index (κ2) is 2.71. The normalized spacial score (nSPS) is 28.7. The molecular weight excluding hydrogens is 148 g/mol. The first-order valence-electron chi connectivity index (χ1n) is 3.08. The molecule has 0 spiro atoms. The number of amides is 1. The zero-order valence-electron chi connectivity index (χ0n) is 5.65. The van der Waals surface area contributed by atoms with E-state index in [9.17, 15) is 9.59 Å². The van der Waals surface area contributed by atoms with Crippen LogP contribution in [0.4, 0.5) is 0 Å². The first-order valence-corrected chi connectivity index (χ1v) is 3.08. The summed E-state index contributed by atoms with van der Waals surface area (Å²) in [6.45, 7) is 0. The van der Waals surface area contributed by atoms with Crippen molar-refractivity contribution < 1.29 is 14.7 Å². The number of carbonyl (C=O) groups is 2. The molecule has 1 aliphatic rings. The zero-order chi connectivity index (χ0) is 8.43. The Kier molecular flexibility index (Phi) is 1.91. The number of carboxylic acids is 1. The van der Waals surface area contributed by atoms with E-state index in [1.807, 2.05) is 0 Å². The predicted molar refractivity (Wildman–Crippen MR) is 36.7 cm³/mol. The molecule has 5 heteroatoms. The van der Waals surface area contributed by atoms with Crippen LogP contribution in [0.25, 0.3) is 0 Å². The van der Waals surface area contributed by atoms with Crippen molar-refractivity contribution in [3.63, 3.8) is 0 Å². The van der Waals surface area contributed by atoms with Crippen molar-refractivity contribution in [1.82, 2.24) is 5.32 Å². The van der Waals surface area contributed by atoms with Gasteiger partial charge in [-0.1, -0.05) is 12.2 Å². The number of nitrogens with two attached hydrogens (primary N) is 1. The summed E-state index contributed by atoms with van der Waals surface area (Å²) in [5.74, 6) is -1.57. The number of rotatable bonds is 2. The molecule has 1 amide bonds. The third-order valence-electron chi connectivity index (χ3n) is 1.43. The first-order chi connectivity index (χ1) is 5.11. The SMILES string of the molecule is NC(=O)[C@@H]1C=C[C@H](C(=O)O)N1. The summed E-state index contributed by atoms with van der Waals surface area (Å²) >= 11 is 0. The van der Waals surface area contributed by atoms with Crippen molar-refractivity contribution in [1.29, 1.82) is 0 Å². The van der Waals surface area contributed by atoms with Crippen LogP contribution in [0.1, 0.15) is 0 Å². The number of nitrogens with one attached hydrogen (secondary N) is 1.